The summed E-state index contributed by atoms with van der Waals surface area (Å²) in [5.74, 6) is 2.47. The molecule has 3 rings (SSSR count). The fourth-order valence-electron chi connectivity index (χ4n) is 3.59. The summed E-state index contributed by atoms with van der Waals surface area (Å²) in [7, 11) is 0. The number of hydrogen-bond acceptors (Lipinski definition) is 5. The van der Waals surface area contributed by atoms with Gasteiger partial charge in [-0.3, -0.25) is 4.79 Å². The number of aromatic nitrogens is 1. The van der Waals surface area contributed by atoms with Crippen LogP contribution in [0.3, 0.4) is 0 Å². The monoisotopic (exact) mass is 421 g/mol. The van der Waals surface area contributed by atoms with Gasteiger partial charge in [-0.2, -0.15) is 0 Å². The molecule has 1 saturated heterocycles. The van der Waals surface area contributed by atoms with E-state index in [2.05, 4.69) is 17.4 Å². The number of hydrogen-bond donors (Lipinski definition) is 1. The van der Waals surface area contributed by atoms with Crippen LogP contribution < -0.4 is 10.1 Å². The smallest absolute Gasteiger partial charge is 0.226 e. The molecule has 1 fully saturated rings. The Hall–Kier alpha value is -2.05. The van der Waals surface area contributed by atoms with E-state index in [9.17, 15) is 4.79 Å². The molecule has 0 unspecified atom stereocenters. The van der Waals surface area contributed by atoms with Crippen molar-refractivity contribution in [3.63, 3.8) is 0 Å². The fourth-order valence-corrected chi connectivity index (χ4v) is 3.59. The van der Waals surface area contributed by atoms with Crippen LogP contribution in [0.15, 0.2) is 28.8 Å². The topological polar surface area (TPSA) is 67.6 Å². The first kappa shape index (κ1) is 23.2. The van der Waals surface area contributed by atoms with Gasteiger partial charge in [-0.15, -0.1) is 12.4 Å². The summed E-state index contributed by atoms with van der Waals surface area (Å²) in [6.45, 7) is 10.2. The van der Waals surface area contributed by atoms with Crippen LogP contribution in [0.1, 0.15) is 42.3 Å². The molecule has 2 aromatic rings. The summed E-state index contributed by atoms with van der Waals surface area (Å²) >= 11 is 0. The van der Waals surface area contributed by atoms with Gasteiger partial charge in [0.1, 0.15) is 18.1 Å². The minimum Gasteiger partial charge on any atom is -0.489 e. The highest BCUT2D eigenvalue weighted by Gasteiger charge is 2.22. The van der Waals surface area contributed by atoms with E-state index in [-0.39, 0.29) is 18.3 Å². The maximum atomic E-state index is 12.6. The second-order valence-electron chi connectivity index (χ2n) is 7.54. The largest absolute Gasteiger partial charge is 0.489 e. The number of likely N-dealkylation sites (tertiary alicyclic amines) is 1. The molecular formula is C22H32ClN3O3. The van der Waals surface area contributed by atoms with E-state index in [1.165, 1.54) is 0 Å². The molecule has 1 aromatic carbocycles. The maximum Gasteiger partial charge on any atom is 0.226 e. The Labute approximate surface area is 179 Å². The molecule has 0 saturated carbocycles. The normalized spacial score (nSPS) is 14.5. The molecule has 1 aliphatic heterocycles. The minimum absolute atomic E-state index is 0. The molecule has 0 aliphatic carbocycles. The molecule has 0 bridgehead atoms. The summed E-state index contributed by atoms with van der Waals surface area (Å²) in [4.78, 5) is 14.6. The Balaban J connectivity index is 0.00000300. The molecule has 160 valence electrons. The molecule has 1 amide bonds. The minimum atomic E-state index is 0. The number of nitrogens with one attached hydrogen (secondary N) is 1. The number of piperidine rings is 1. The third-order valence-electron chi connectivity index (χ3n) is 5.49. The van der Waals surface area contributed by atoms with Crippen LogP contribution in [0.5, 0.6) is 5.75 Å². The van der Waals surface area contributed by atoms with Crippen LogP contribution in [-0.4, -0.2) is 42.1 Å². The third kappa shape index (κ3) is 6.47. The van der Waals surface area contributed by atoms with Gasteiger partial charge in [-0.25, -0.2) is 0 Å². The zero-order chi connectivity index (χ0) is 19.9. The standard InChI is InChI=1S/C22H31N3O3.ClH/c1-4-23-14-19-9-11-25(12-10-19)22(26)13-18-5-7-20(8-6-18)27-15-21-16(2)24-28-17(21)3;/h5-8,19,23H,4,9-15H2,1-3H3;1H. The van der Waals surface area contributed by atoms with Crippen LogP contribution >= 0.6 is 12.4 Å². The number of halogens is 1. The van der Waals surface area contributed by atoms with E-state index < -0.39 is 0 Å². The molecule has 0 spiro atoms. The Bertz CT molecular complexity index is 749. The zero-order valence-corrected chi connectivity index (χ0v) is 18.4. The van der Waals surface area contributed by atoms with Crippen LogP contribution in [0.25, 0.3) is 0 Å². The van der Waals surface area contributed by atoms with Gasteiger partial charge in [0.25, 0.3) is 0 Å². The van der Waals surface area contributed by atoms with Gasteiger partial charge >= 0.3 is 0 Å². The SMILES string of the molecule is CCNCC1CCN(C(=O)Cc2ccc(OCc3c(C)noc3C)cc2)CC1.Cl. The Morgan fingerprint density at radius 2 is 1.93 bits per heavy atom. The quantitative estimate of drug-likeness (QED) is 0.704. The number of ether oxygens (including phenoxy) is 1. The number of carbonyl (C=O) groups excluding carboxylic acids is 1. The molecule has 0 atom stereocenters. The highest BCUT2D eigenvalue weighted by atomic mass is 35.5. The van der Waals surface area contributed by atoms with Gasteiger partial charge < -0.3 is 19.5 Å². The van der Waals surface area contributed by atoms with Crippen molar-refractivity contribution in [1.82, 2.24) is 15.4 Å². The van der Waals surface area contributed by atoms with Gasteiger partial charge in [0.05, 0.1) is 17.7 Å². The Morgan fingerprint density at radius 1 is 1.24 bits per heavy atom. The molecule has 1 aromatic heterocycles. The van der Waals surface area contributed by atoms with Crippen molar-refractivity contribution in [3.05, 3.63) is 46.8 Å². The molecule has 29 heavy (non-hydrogen) atoms. The van der Waals surface area contributed by atoms with Crippen molar-refractivity contribution < 1.29 is 14.1 Å². The van der Waals surface area contributed by atoms with E-state index in [0.717, 1.165) is 67.4 Å². The van der Waals surface area contributed by atoms with Crippen molar-refractivity contribution in [2.75, 3.05) is 26.2 Å². The average Bonchev–Trinajstić information content (AvgIpc) is 3.04. The number of nitrogens with zero attached hydrogens (tertiary/aromatic N) is 2. The van der Waals surface area contributed by atoms with Crippen molar-refractivity contribution in [2.24, 2.45) is 5.92 Å². The number of amides is 1. The highest BCUT2D eigenvalue weighted by molar-refractivity contribution is 5.85. The Morgan fingerprint density at radius 3 is 2.52 bits per heavy atom. The lowest BCUT2D eigenvalue weighted by Gasteiger charge is -2.32. The summed E-state index contributed by atoms with van der Waals surface area (Å²) in [5, 5.41) is 7.35. The molecule has 1 N–H and O–H groups in total. The van der Waals surface area contributed by atoms with Crippen molar-refractivity contribution in [1.29, 1.82) is 0 Å². The lowest BCUT2D eigenvalue weighted by Crippen LogP contribution is -2.41. The van der Waals surface area contributed by atoms with E-state index in [0.29, 0.717) is 18.9 Å². The van der Waals surface area contributed by atoms with Crippen LogP contribution in [0.4, 0.5) is 0 Å². The van der Waals surface area contributed by atoms with Crippen molar-refractivity contribution in [3.8, 4) is 5.75 Å². The fraction of sp³-hybridized carbons (Fsp3) is 0.545. The van der Waals surface area contributed by atoms with Gasteiger partial charge in [-0.05, 0) is 63.4 Å². The van der Waals surface area contributed by atoms with Gasteiger partial charge in [0, 0.05) is 13.1 Å². The van der Waals surface area contributed by atoms with Crippen LogP contribution in [-0.2, 0) is 17.8 Å². The van der Waals surface area contributed by atoms with Crippen LogP contribution in [0.2, 0.25) is 0 Å². The summed E-state index contributed by atoms with van der Waals surface area (Å²) in [6, 6.07) is 7.78. The second kappa shape index (κ2) is 11.2. The number of rotatable bonds is 8. The maximum absolute atomic E-state index is 12.6. The average molecular weight is 422 g/mol. The first-order chi connectivity index (χ1) is 13.6. The summed E-state index contributed by atoms with van der Waals surface area (Å²) in [6.07, 6.45) is 2.63. The highest BCUT2D eigenvalue weighted by Crippen LogP contribution is 2.20. The molecule has 1 aliphatic rings. The van der Waals surface area contributed by atoms with Crippen molar-refractivity contribution >= 4 is 18.3 Å². The first-order valence-electron chi connectivity index (χ1n) is 10.2. The van der Waals surface area contributed by atoms with E-state index in [4.69, 9.17) is 9.26 Å². The number of carbonyl (C=O) groups is 1. The summed E-state index contributed by atoms with van der Waals surface area (Å²) < 4.78 is 11.0. The van der Waals surface area contributed by atoms with E-state index in [1.807, 2.05) is 43.0 Å². The predicted octanol–water partition coefficient (Wildman–Crippen LogP) is 3.68. The summed E-state index contributed by atoms with van der Waals surface area (Å²) in [5.41, 5.74) is 2.86. The molecule has 6 nitrogen and oxygen atoms in total. The third-order valence-corrected chi connectivity index (χ3v) is 5.49. The molecule has 0 radical (unpaired) electrons. The zero-order valence-electron chi connectivity index (χ0n) is 17.6. The lowest BCUT2D eigenvalue weighted by molar-refractivity contribution is -0.131. The Kier molecular flexibility index (Phi) is 8.99. The molecule has 7 heteroatoms. The van der Waals surface area contributed by atoms with Crippen molar-refractivity contribution in [2.45, 2.75) is 46.6 Å². The van der Waals surface area contributed by atoms with Crippen LogP contribution in [0, 0.1) is 19.8 Å². The molecular weight excluding hydrogens is 390 g/mol. The van der Waals surface area contributed by atoms with E-state index >= 15 is 0 Å². The molecule has 2 heterocycles. The predicted molar refractivity (Wildman–Crippen MR) is 116 cm³/mol. The number of benzene rings is 1. The first-order valence-corrected chi connectivity index (χ1v) is 10.2. The van der Waals surface area contributed by atoms with Gasteiger partial charge in [0.15, 0.2) is 0 Å². The van der Waals surface area contributed by atoms with Gasteiger partial charge in [0.2, 0.25) is 5.91 Å². The number of aryl methyl sites for hydroxylation is 2. The van der Waals surface area contributed by atoms with Gasteiger partial charge in [-0.1, -0.05) is 24.2 Å². The second-order valence-corrected chi connectivity index (χ2v) is 7.54. The lowest BCUT2D eigenvalue weighted by atomic mass is 9.96. The van der Waals surface area contributed by atoms with E-state index in [1.54, 1.807) is 0 Å².